The lowest BCUT2D eigenvalue weighted by Crippen LogP contribution is -2.29. The Morgan fingerprint density at radius 1 is 0.812 bits per heavy atom. The van der Waals surface area contributed by atoms with Crippen LogP contribution in [0.2, 0.25) is 0 Å². The molecule has 0 aliphatic heterocycles. The number of unbranched alkanes of at least 4 members (excludes halogenated alkanes) is 4. The molecule has 2 nitrogen and oxygen atoms in total. The first-order valence-corrected chi connectivity index (χ1v) is 7.11. The van der Waals surface area contributed by atoms with Gasteiger partial charge in [-0.05, 0) is 32.2 Å². The lowest BCUT2D eigenvalue weighted by atomic mass is 9.86. The third-order valence-electron chi connectivity index (χ3n) is 3.34. The Morgan fingerprint density at radius 3 is 1.62 bits per heavy atom. The minimum absolute atomic E-state index is 0.427. The number of hydrogen-bond donors (Lipinski definition) is 2. The van der Waals surface area contributed by atoms with E-state index >= 15 is 0 Å². The fraction of sp³-hybridized carbons (Fsp3) is 1.00. The summed E-state index contributed by atoms with van der Waals surface area (Å²) in [6.45, 7) is 5.11. The average molecular weight is 229 g/mol. The SMILES string of the molecule is CCCCCC(O)(CCCN)CCCCC. The molecule has 0 aliphatic rings. The lowest BCUT2D eigenvalue weighted by Gasteiger charge is -2.28. The van der Waals surface area contributed by atoms with Crippen LogP contribution in [0.15, 0.2) is 0 Å². The fourth-order valence-electron chi connectivity index (χ4n) is 2.21. The zero-order valence-corrected chi connectivity index (χ0v) is 11.3. The van der Waals surface area contributed by atoms with Crippen LogP contribution < -0.4 is 5.73 Å². The summed E-state index contributed by atoms with van der Waals surface area (Å²) < 4.78 is 0. The van der Waals surface area contributed by atoms with Crippen molar-refractivity contribution in [3.8, 4) is 0 Å². The molecule has 0 aliphatic carbocycles. The van der Waals surface area contributed by atoms with Crippen molar-refractivity contribution in [2.24, 2.45) is 5.73 Å². The molecule has 0 fully saturated rings. The zero-order chi connectivity index (χ0) is 12.3. The van der Waals surface area contributed by atoms with Gasteiger partial charge in [0.1, 0.15) is 0 Å². The van der Waals surface area contributed by atoms with Gasteiger partial charge in [0.15, 0.2) is 0 Å². The van der Waals surface area contributed by atoms with Crippen LogP contribution in [0.25, 0.3) is 0 Å². The molecule has 0 unspecified atom stereocenters. The summed E-state index contributed by atoms with van der Waals surface area (Å²) in [5.74, 6) is 0. The molecular formula is C14H31NO. The standard InChI is InChI=1S/C14H31NO/c1-3-5-7-10-14(16,12-9-13-15)11-8-6-4-2/h16H,3-13,15H2,1-2H3. The molecule has 0 saturated carbocycles. The molecule has 0 aromatic carbocycles. The van der Waals surface area contributed by atoms with Crippen LogP contribution in [0, 0.1) is 0 Å². The Hall–Kier alpha value is -0.0800. The average Bonchev–Trinajstić information content (AvgIpc) is 2.27. The first kappa shape index (κ1) is 15.9. The second kappa shape index (κ2) is 10.1. The number of rotatable bonds is 11. The Kier molecular flexibility index (Phi) is 10.0. The molecule has 0 amide bonds. The quantitative estimate of drug-likeness (QED) is 0.532. The summed E-state index contributed by atoms with van der Waals surface area (Å²) in [6.07, 6.45) is 11.0. The van der Waals surface area contributed by atoms with Crippen LogP contribution in [0.1, 0.15) is 78.1 Å². The second-order valence-electron chi connectivity index (χ2n) is 5.03. The van der Waals surface area contributed by atoms with Gasteiger partial charge in [-0.25, -0.2) is 0 Å². The van der Waals surface area contributed by atoms with Crippen molar-refractivity contribution in [3.05, 3.63) is 0 Å². The van der Waals surface area contributed by atoms with Gasteiger partial charge in [0, 0.05) is 0 Å². The Labute approximate surface area is 102 Å². The molecular weight excluding hydrogens is 198 g/mol. The van der Waals surface area contributed by atoms with E-state index in [1.165, 1.54) is 25.7 Å². The molecule has 0 heterocycles. The highest BCUT2D eigenvalue weighted by molar-refractivity contribution is 4.78. The molecule has 0 bridgehead atoms. The second-order valence-corrected chi connectivity index (χ2v) is 5.03. The Morgan fingerprint density at radius 2 is 1.25 bits per heavy atom. The molecule has 0 radical (unpaired) electrons. The summed E-state index contributed by atoms with van der Waals surface area (Å²) in [6, 6.07) is 0. The van der Waals surface area contributed by atoms with Crippen molar-refractivity contribution in [2.45, 2.75) is 83.7 Å². The van der Waals surface area contributed by atoms with Gasteiger partial charge in [0.05, 0.1) is 5.60 Å². The molecule has 0 aromatic heterocycles. The smallest absolute Gasteiger partial charge is 0.0648 e. The van der Waals surface area contributed by atoms with Crippen molar-refractivity contribution in [1.29, 1.82) is 0 Å². The number of nitrogens with two attached hydrogens (primary N) is 1. The van der Waals surface area contributed by atoms with E-state index in [-0.39, 0.29) is 0 Å². The molecule has 0 saturated heterocycles. The van der Waals surface area contributed by atoms with E-state index < -0.39 is 5.60 Å². The van der Waals surface area contributed by atoms with Crippen LogP contribution in [-0.4, -0.2) is 17.3 Å². The third kappa shape index (κ3) is 8.12. The van der Waals surface area contributed by atoms with Gasteiger partial charge in [-0.2, -0.15) is 0 Å². The Bertz CT molecular complexity index is 138. The maximum atomic E-state index is 10.5. The van der Waals surface area contributed by atoms with Crippen LogP contribution in [0.5, 0.6) is 0 Å². The van der Waals surface area contributed by atoms with Crippen molar-refractivity contribution >= 4 is 0 Å². The molecule has 0 atom stereocenters. The predicted octanol–water partition coefficient (Wildman–Crippen LogP) is 3.62. The van der Waals surface area contributed by atoms with Crippen molar-refractivity contribution < 1.29 is 5.11 Å². The normalized spacial score (nSPS) is 12.0. The topological polar surface area (TPSA) is 46.2 Å². The van der Waals surface area contributed by atoms with Gasteiger partial charge in [0.25, 0.3) is 0 Å². The Balaban J connectivity index is 3.91. The third-order valence-corrected chi connectivity index (χ3v) is 3.34. The van der Waals surface area contributed by atoms with Crippen LogP contribution in [0.4, 0.5) is 0 Å². The highest BCUT2D eigenvalue weighted by atomic mass is 16.3. The predicted molar refractivity (Wildman–Crippen MR) is 71.5 cm³/mol. The van der Waals surface area contributed by atoms with Crippen molar-refractivity contribution in [3.63, 3.8) is 0 Å². The zero-order valence-electron chi connectivity index (χ0n) is 11.3. The first-order valence-electron chi connectivity index (χ1n) is 7.11. The largest absolute Gasteiger partial charge is 0.390 e. The number of aliphatic hydroxyl groups is 1. The maximum Gasteiger partial charge on any atom is 0.0648 e. The van der Waals surface area contributed by atoms with Gasteiger partial charge < -0.3 is 10.8 Å². The number of hydrogen-bond acceptors (Lipinski definition) is 2. The molecule has 0 rings (SSSR count). The molecule has 98 valence electrons. The van der Waals surface area contributed by atoms with Gasteiger partial charge in [-0.1, -0.05) is 52.4 Å². The van der Waals surface area contributed by atoms with E-state index in [9.17, 15) is 5.11 Å². The highest BCUT2D eigenvalue weighted by Crippen LogP contribution is 2.27. The molecule has 2 heteroatoms. The maximum absolute atomic E-state index is 10.5. The minimum Gasteiger partial charge on any atom is -0.390 e. The summed E-state index contributed by atoms with van der Waals surface area (Å²) in [5.41, 5.74) is 5.11. The van der Waals surface area contributed by atoms with E-state index in [0.717, 1.165) is 38.5 Å². The van der Waals surface area contributed by atoms with Crippen LogP contribution in [-0.2, 0) is 0 Å². The molecule has 16 heavy (non-hydrogen) atoms. The van der Waals surface area contributed by atoms with Crippen molar-refractivity contribution in [2.75, 3.05) is 6.54 Å². The summed E-state index contributed by atoms with van der Waals surface area (Å²) in [5, 5.41) is 10.5. The van der Waals surface area contributed by atoms with Crippen LogP contribution >= 0.6 is 0 Å². The monoisotopic (exact) mass is 229 g/mol. The van der Waals surface area contributed by atoms with Gasteiger partial charge >= 0.3 is 0 Å². The van der Waals surface area contributed by atoms with Crippen molar-refractivity contribution in [1.82, 2.24) is 0 Å². The van der Waals surface area contributed by atoms with Gasteiger partial charge in [0.2, 0.25) is 0 Å². The summed E-state index contributed by atoms with van der Waals surface area (Å²) in [7, 11) is 0. The molecule has 3 N–H and O–H groups in total. The van der Waals surface area contributed by atoms with E-state index in [2.05, 4.69) is 13.8 Å². The molecule has 0 aromatic rings. The lowest BCUT2D eigenvalue weighted by molar-refractivity contribution is 0.00841. The van der Waals surface area contributed by atoms with Crippen LogP contribution in [0.3, 0.4) is 0 Å². The highest BCUT2D eigenvalue weighted by Gasteiger charge is 2.24. The van der Waals surface area contributed by atoms with Gasteiger partial charge in [-0.15, -0.1) is 0 Å². The minimum atomic E-state index is -0.427. The van der Waals surface area contributed by atoms with E-state index in [0.29, 0.717) is 6.54 Å². The first-order chi connectivity index (χ1) is 7.68. The van der Waals surface area contributed by atoms with E-state index in [4.69, 9.17) is 5.73 Å². The van der Waals surface area contributed by atoms with Gasteiger partial charge in [-0.3, -0.25) is 0 Å². The van der Waals surface area contributed by atoms with E-state index in [1.54, 1.807) is 0 Å². The fourth-order valence-corrected chi connectivity index (χ4v) is 2.21. The molecule has 0 spiro atoms. The summed E-state index contributed by atoms with van der Waals surface area (Å²) in [4.78, 5) is 0. The van der Waals surface area contributed by atoms with E-state index in [1.807, 2.05) is 0 Å². The summed E-state index contributed by atoms with van der Waals surface area (Å²) >= 11 is 0.